The van der Waals surface area contributed by atoms with Crippen LogP contribution in [0, 0.1) is 6.92 Å². The first kappa shape index (κ1) is 24.5. The Hall–Kier alpha value is -2.74. The van der Waals surface area contributed by atoms with Crippen LogP contribution in [0.25, 0.3) is 0 Å². The largest absolute Gasteiger partial charge is 0.493 e. The van der Waals surface area contributed by atoms with Crippen LogP contribution < -0.4 is 19.1 Å². The highest BCUT2D eigenvalue weighted by atomic mass is 32.2. The summed E-state index contributed by atoms with van der Waals surface area (Å²) in [5.74, 6) is 0.815. The Bertz CT molecular complexity index is 1010. The monoisotopic (exact) mass is 448 g/mol. The van der Waals surface area contributed by atoms with E-state index in [2.05, 4.69) is 5.32 Å². The van der Waals surface area contributed by atoms with Gasteiger partial charge < -0.3 is 14.8 Å². The number of aryl methyl sites for hydroxylation is 1. The first-order valence-electron chi connectivity index (χ1n) is 10.2. The number of amides is 1. The molecule has 0 bridgehead atoms. The number of sulfonamides is 1. The number of rotatable bonds is 10. The van der Waals surface area contributed by atoms with Crippen LogP contribution in [0.5, 0.6) is 11.5 Å². The second kappa shape index (κ2) is 10.5. The second-order valence-electron chi connectivity index (χ2n) is 7.41. The number of methoxy groups -OCH3 is 2. The molecule has 0 heterocycles. The van der Waals surface area contributed by atoms with Crippen molar-refractivity contribution in [2.24, 2.45) is 0 Å². The molecule has 0 aromatic heterocycles. The van der Waals surface area contributed by atoms with Crippen molar-refractivity contribution in [3.8, 4) is 11.5 Å². The Labute approximate surface area is 185 Å². The number of hydrogen-bond donors (Lipinski definition) is 1. The molecule has 0 fully saturated rings. The zero-order valence-electron chi connectivity index (χ0n) is 19.0. The van der Waals surface area contributed by atoms with Crippen LogP contribution in [-0.4, -0.2) is 40.8 Å². The second-order valence-corrected chi connectivity index (χ2v) is 9.27. The summed E-state index contributed by atoms with van der Waals surface area (Å²) in [5, 5.41) is 3.02. The Morgan fingerprint density at radius 2 is 1.71 bits per heavy atom. The fourth-order valence-corrected chi connectivity index (χ4v) is 4.79. The van der Waals surface area contributed by atoms with E-state index in [1.165, 1.54) is 4.31 Å². The van der Waals surface area contributed by atoms with Crippen LogP contribution in [0.15, 0.2) is 42.5 Å². The number of nitrogens with zero attached hydrogens (tertiary/aromatic N) is 1. The Morgan fingerprint density at radius 3 is 2.23 bits per heavy atom. The molecule has 2 atom stereocenters. The van der Waals surface area contributed by atoms with Crippen molar-refractivity contribution < 1.29 is 22.7 Å². The van der Waals surface area contributed by atoms with Gasteiger partial charge in [-0.05, 0) is 55.2 Å². The van der Waals surface area contributed by atoms with Crippen LogP contribution >= 0.6 is 0 Å². The smallest absolute Gasteiger partial charge is 0.244 e. The van der Waals surface area contributed by atoms with E-state index in [9.17, 15) is 13.2 Å². The SMILES string of the molecule is CCC(NC(=O)C(CC)N(c1cccc(C)c1)S(C)(=O)=O)c1ccc(OC)c(OC)c1. The normalized spacial score (nSPS) is 13.2. The van der Waals surface area contributed by atoms with E-state index in [0.717, 1.165) is 17.4 Å². The van der Waals surface area contributed by atoms with Crippen LogP contribution in [0.4, 0.5) is 5.69 Å². The number of nitrogens with one attached hydrogen (secondary N) is 1. The molecular weight excluding hydrogens is 416 g/mol. The predicted molar refractivity (Wildman–Crippen MR) is 123 cm³/mol. The van der Waals surface area contributed by atoms with Gasteiger partial charge in [-0.3, -0.25) is 9.10 Å². The Balaban J connectivity index is 2.37. The van der Waals surface area contributed by atoms with Gasteiger partial charge in [-0.2, -0.15) is 0 Å². The number of anilines is 1. The minimum absolute atomic E-state index is 0.305. The highest BCUT2D eigenvalue weighted by molar-refractivity contribution is 7.92. The highest BCUT2D eigenvalue weighted by Gasteiger charge is 2.32. The first-order chi connectivity index (χ1) is 14.7. The van der Waals surface area contributed by atoms with Gasteiger partial charge in [0.25, 0.3) is 0 Å². The van der Waals surface area contributed by atoms with Gasteiger partial charge in [0.05, 0.1) is 32.2 Å². The van der Waals surface area contributed by atoms with Gasteiger partial charge in [0, 0.05) is 0 Å². The number of carbonyl (C=O) groups is 1. The third kappa shape index (κ3) is 5.91. The summed E-state index contributed by atoms with van der Waals surface area (Å²) in [6, 6.07) is 11.4. The van der Waals surface area contributed by atoms with E-state index in [4.69, 9.17) is 9.47 Å². The molecule has 7 nitrogen and oxygen atoms in total. The Kier molecular flexibility index (Phi) is 8.33. The van der Waals surface area contributed by atoms with Crippen molar-refractivity contribution >= 4 is 21.6 Å². The lowest BCUT2D eigenvalue weighted by molar-refractivity contribution is -0.123. The molecule has 0 saturated carbocycles. The summed E-state index contributed by atoms with van der Waals surface area (Å²) in [4.78, 5) is 13.3. The Morgan fingerprint density at radius 1 is 1.03 bits per heavy atom. The minimum Gasteiger partial charge on any atom is -0.493 e. The molecule has 2 unspecified atom stereocenters. The van der Waals surface area contributed by atoms with Gasteiger partial charge in [0.15, 0.2) is 11.5 Å². The first-order valence-corrected chi connectivity index (χ1v) is 12.1. The molecule has 0 saturated heterocycles. The molecule has 8 heteroatoms. The third-order valence-electron chi connectivity index (χ3n) is 5.12. The summed E-state index contributed by atoms with van der Waals surface area (Å²) >= 11 is 0. The molecule has 1 N–H and O–H groups in total. The van der Waals surface area contributed by atoms with Crippen molar-refractivity contribution in [2.45, 2.75) is 45.7 Å². The summed E-state index contributed by atoms with van der Waals surface area (Å²) in [6.45, 7) is 5.64. The average Bonchev–Trinajstić information content (AvgIpc) is 2.73. The maximum Gasteiger partial charge on any atom is 0.244 e. The van der Waals surface area contributed by atoms with Crippen molar-refractivity contribution in [2.75, 3.05) is 24.8 Å². The number of carbonyl (C=O) groups excluding carboxylic acids is 1. The van der Waals surface area contributed by atoms with E-state index < -0.39 is 16.1 Å². The third-order valence-corrected chi connectivity index (χ3v) is 6.30. The quantitative estimate of drug-likeness (QED) is 0.597. The molecule has 170 valence electrons. The zero-order chi connectivity index (χ0) is 23.2. The lowest BCUT2D eigenvalue weighted by Gasteiger charge is -2.31. The van der Waals surface area contributed by atoms with Crippen LogP contribution in [0.1, 0.15) is 43.9 Å². The summed E-state index contributed by atoms with van der Waals surface area (Å²) in [7, 11) is -0.563. The molecule has 0 aliphatic rings. The van der Waals surface area contributed by atoms with E-state index in [-0.39, 0.29) is 11.9 Å². The van der Waals surface area contributed by atoms with E-state index in [0.29, 0.717) is 30.0 Å². The lowest BCUT2D eigenvalue weighted by atomic mass is 10.0. The fourth-order valence-electron chi connectivity index (χ4n) is 3.58. The van der Waals surface area contributed by atoms with E-state index in [1.807, 2.05) is 32.0 Å². The number of hydrogen-bond acceptors (Lipinski definition) is 5. The van der Waals surface area contributed by atoms with Gasteiger partial charge in [-0.25, -0.2) is 8.42 Å². The van der Waals surface area contributed by atoms with Crippen molar-refractivity contribution in [3.63, 3.8) is 0 Å². The van der Waals surface area contributed by atoms with Crippen LogP contribution in [-0.2, 0) is 14.8 Å². The minimum atomic E-state index is -3.68. The zero-order valence-corrected chi connectivity index (χ0v) is 19.8. The predicted octanol–water partition coefficient (Wildman–Crippen LogP) is 3.82. The molecule has 0 aliphatic heterocycles. The van der Waals surface area contributed by atoms with Gasteiger partial charge in [-0.1, -0.05) is 32.0 Å². The number of ether oxygens (including phenoxy) is 2. The van der Waals surface area contributed by atoms with Gasteiger partial charge >= 0.3 is 0 Å². The average molecular weight is 449 g/mol. The van der Waals surface area contributed by atoms with Crippen LogP contribution in [0.3, 0.4) is 0 Å². The van der Waals surface area contributed by atoms with Crippen molar-refractivity contribution in [1.82, 2.24) is 5.32 Å². The molecule has 2 rings (SSSR count). The lowest BCUT2D eigenvalue weighted by Crippen LogP contribution is -2.50. The molecular formula is C23H32N2O5S. The van der Waals surface area contributed by atoms with E-state index >= 15 is 0 Å². The van der Waals surface area contributed by atoms with Gasteiger partial charge in [-0.15, -0.1) is 0 Å². The fraction of sp³-hybridized carbons (Fsp3) is 0.435. The van der Waals surface area contributed by atoms with E-state index in [1.54, 1.807) is 45.4 Å². The maximum atomic E-state index is 13.3. The molecule has 31 heavy (non-hydrogen) atoms. The van der Waals surface area contributed by atoms with Crippen LogP contribution in [0.2, 0.25) is 0 Å². The molecule has 2 aromatic rings. The topological polar surface area (TPSA) is 84.9 Å². The highest BCUT2D eigenvalue weighted by Crippen LogP contribution is 2.31. The summed E-state index contributed by atoms with van der Waals surface area (Å²) < 4.78 is 37.1. The summed E-state index contributed by atoms with van der Waals surface area (Å²) in [6.07, 6.45) is 2.08. The number of benzene rings is 2. The maximum absolute atomic E-state index is 13.3. The molecule has 1 amide bonds. The van der Waals surface area contributed by atoms with Gasteiger partial charge in [0.1, 0.15) is 6.04 Å². The van der Waals surface area contributed by atoms with Gasteiger partial charge in [0.2, 0.25) is 15.9 Å². The molecule has 0 spiro atoms. The van der Waals surface area contributed by atoms with Crippen molar-refractivity contribution in [1.29, 1.82) is 0 Å². The summed E-state index contributed by atoms with van der Waals surface area (Å²) in [5.41, 5.74) is 2.24. The van der Waals surface area contributed by atoms with Crippen molar-refractivity contribution in [3.05, 3.63) is 53.6 Å². The molecule has 0 aliphatic carbocycles. The standard InChI is InChI=1S/C23H32N2O5S/c1-7-19(17-12-13-21(29-4)22(15-17)30-5)24-23(26)20(8-2)25(31(6,27)28)18-11-9-10-16(3)14-18/h9-15,19-20H,7-8H2,1-6H3,(H,24,26). The molecule has 2 aromatic carbocycles. The molecule has 0 radical (unpaired) electrons.